The van der Waals surface area contributed by atoms with Gasteiger partial charge < -0.3 is 4.74 Å². The fourth-order valence-corrected chi connectivity index (χ4v) is 3.09. The minimum Gasteiger partial charge on any atom is -0.497 e. The monoisotopic (exact) mass is 389 g/mol. The summed E-state index contributed by atoms with van der Waals surface area (Å²) in [5.74, 6) is 0.675. The predicted octanol–water partition coefficient (Wildman–Crippen LogP) is 2.87. The molecule has 0 saturated carbocycles. The SMILES string of the molecule is COc1ccc(/C=C/C(=O)Nc2nc3n(n2)[C@@H](c2ccccc2)CC(=O)N3)cc1. The number of amides is 2. The number of ether oxygens (including phenoxy) is 1. The van der Waals surface area contributed by atoms with Crippen molar-refractivity contribution in [2.45, 2.75) is 12.5 Å². The molecule has 0 fully saturated rings. The van der Waals surface area contributed by atoms with Crippen LogP contribution in [0, 0.1) is 0 Å². The van der Waals surface area contributed by atoms with E-state index < -0.39 is 0 Å². The van der Waals surface area contributed by atoms with E-state index in [0.29, 0.717) is 5.95 Å². The second-order valence-corrected chi connectivity index (χ2v) is 6.48. The molecular formula is C21H19N5O3. The number of carbonyl (C=O) groups excluding carboxylic acids is 2. The van der Waals surface area contributed by atoms with Crippen LogP contribution in [0.2, 0.25) is 0 Å². The van der Waals surface area contributed by atoms with Crippen LogP contribution in [0.1, 0.15) is 23.6 Å². The number of anilines is 2. The fraction of sp³-hybridized carbons (Fsp3) is 0.143. The number of carbonyl (C=O) groups is 2. The lowest BCUT2D eigenvalue weighted by Crippen LogP contribution is -2.29. The van der Waals surface area contributed by atoms with Crippen LogP contribution in [-0.4, -0.2) is 33.7 Å². The Labute approximate surface area is 167 Å². The molecule has 0 bridgehead atoms. The topological polar surface area (TPSA) is 98.1 Å². The highest BCUT2D eigenvalue weighted by Gasteiger charge is 2.29. The maximum absolute atomic E-state index is 12.2. The lowest BCUT2D eigenvalue weighted by atomic mass is 10.0. The summed E-state index contributed by atoms with van der Waals surface area (Å²) in [7, 11) is 1.60. The predicted molar refractivity (Wildman–Crippen MR) is 109 cm³/mol. The zero-order valence-electron chi connectivity index (χ0n) is 15.7. The van der Waals surface area contributed by atoms with Gasteiger partial charge in [0, 0.05) is 6.08 Å². The average molecular weight is 389 g/mol. The maximum atomic E-state index is 12.2. The molecule has 1 aromatic heterocycles. The third-order valence-electron chi connectivity index (χ3n) is 4.52. The molecule has 8 nitrogen and oxygen atoms in total. The highest BCUT2D eigenvalue weighted by Crippen LogP contribution is 2.29. The van der Waals surface area contributed by atoms with E-state index in [1.807, 2.05) is 54.6 Å². The van der Waals surface area contributed by atoms with Gasteiger partial charge in [-0.25, -0.2) is 4.68 Å². The van der Waals surface area contributed by atoms with Gasteiger partial charge in [0.1, 0.15) is 5.75 Å². The van der Waals surface area contributed by atoms with Crippen molar-refractivity contribution < 1.29 is 14.3 Å². The molecule has 0 radical (unpaired) electrons. The number of fused-ring (bicyclic) bond motifs is 1. The number of nitrogens with zero attached hydrogens (tertiary/aromatic N) is 3. The first kappa shape index (κ1) is 18.4. The molecule has 2 N–H and O–H groups in total. The second-order valence-electron chi connectivity index (χ2n) is 6.48. The summed E-state index contributed by atoms with van der Waals surface area (Å²) in [5.41, 5.74) is 1.81. The van der Waals surface area contributed by atoms with Gasteiger partial charge in [-0.15, -0.1) is 5.10 Å². The quantitative estimate of drug-likeness (QED) is 0.654. The van der Waals surface area contributed by atoms with Crippen LogP contribution in [-0.2, 0) is 9.59 Å². The smallest absolute Gasteiger partial charge is 0.250 e. The number of benzene rings is 2. The second kappa shape index (κ2) is 7.97. The molecular weight excluding hydrogens is 370 g/mol. The van der Waals surface area contributed by atoms with Gasteiger partial charge in [0.05, 0.1) is 19.6 Å². The van der Waals surface area contributed by atoms with E-state index in [1.54, 1.807) is 17.9 Å². The number of hydrogen-bond donors (Lipinski definition) is 2. The first-order chi connectivity index (χ1) is 14.1. The van der Waals surface area contributed by atoms with E-state index in [1.165, 1.54) is 6.08 Å². The number of methoxy groups -OCH3 is 1. The molecule has 0 unspecified atom stereocenters. The lowest BCUT2D eigenvalue weighted by molar-refractivity contribution is -0.117. The molecule has 0 saturated heterocycles. The highest BCUT2D eigenvalue weighted by atomic mass is 16.5. The summed E-state index contributed by atoms with van der Waals surface area (Å²) < 4.78 is 6.73. The molecule has 0 spiro atoms. The van der Waals surface area contributed by atoms with Gasteiger partial charge in [-0.1, -0.05) is 42.5 Å². The summed E-state index contributed by atoms with van der Waals surface area (Å²) in [6, 6.07) is 16.6. The Bertz CT molecular complexity index is 1060. The lowest BCUT2D eigenvalue weighted by Gasteiger charge is -2.23. The average Bonchev–Trinajstić information content (AvgIpc) is 3.14. The molecule has 3 aromatic rings. The summed E-state index contributed by atoms with van der Waals surface area (Å²) in [4.78, 5) is 28.5. The zero-order valence-corrected chi connectivity index (χ0v) is 15.7. The maximum Gasteiger partial charge on any atom is 0.250 e. The van der Waals surface area contributed by atoms with E-state index >= 15 is 0 Å². The van der Waals surface area contributed by atoms with Crippen molar-refractivity contribution in [3.05, 3.63) is 71.8 Å². The molecule has 2 amide bonds. The Kier molecular flexibility index (Phi) is 5.07. The van der Waals surface area contributed by atoms with Crippen molar-refractivity contribution in [2.24, 2.45) is 0 Å². The Morgan fingerprint density at radius 1 is 1.21 bits per heavy atom. The number of nitrogens with one attached hydrogen (secondary N) is 2. The van der Waals surface area contributed by atoms with Gasteiger partial charge in [0.25, 0.3) is 11.9 Å². The molecule has 1 atom stereocenters. The number of hydrogen-bond acceptors (Lipinski definition) is 5. The van der Waals surface area contributed by atoms with Crippen LogP contribution in [0.3, 0.4) is 0 Å². The molecule has 2 heterocycles. The first-order valence-electron chi connectivity index (χ1n) is 9.07. The van der Waals surface area contributed by atoms with E-state index in [2.05, 4.69) is 20.7 Å². The van der Waals surface area contributed by atoms with Gasteiger partial charge in [-0.3, -0.25) is 20.2 Å². The molecule has 1 aliphatic rings. The van der Waals surface area contributed by atoms with E-state index in [-0.39, 0.29) is 30.2 Å². The van der Waals surface area contributed by atoms with Crippen molar-refractivity contribution in [1.29, 1.82) is 0 Å². The standard InChI is InChI=1S/C21H19N5O3/c1-29-16-10-7-14(8-11-16)9-12-18(27)22-20-24-21-23-19(28)13-17(26(21)25-20)15-5-3-2-4-6-15/h2-12,17H,13H2,1H3,(H2,22,23,24,25,27,28)/b12-9+/t17-/m1/s1. The molecule has 0 aliphatic carbocycles. The van der Waals surface area contributed by atoms with Crippen molar-refractivity contribution in [3.8, 4) is 5.75 Å². The van der Waals surface area contributed by atoms with E-state index in [9.17, 15) is 9.59 Å². The van der Waals surface area contributed by atoms with Crippen molar-refractivity contribution in [1.82, 2.24) is 14.8 Å². The Balaban J connectivity index is 1.49. The van der Waals surface area contributed by atoms with Crippen LogP contribution in [0.4, 0.5) is 11.9 Å². The molecule has 1 aliphatic heterocycles. The highest BCUT2D eigenvalue weighted by molar-refractivity contribution is 6.01. The first-order valence-corrected chi connectivity index (χ1v) is 9.07. The van der Waals surface area contributed by atoms with Crippen LogP contribution < -0.4 is 15.4 Å². The van der Waals surface area contributed by atoms with Gasteiger partial charge in [-0.05, 0) is 29.3 Å². The van der Waals surface area contributed by atoms with Crippen LogP contribution >= 0.6 is 0 Å². The van der Waals surface area contributed by atoms with Crippen LogP contribution in [0.25, 0.3) is 6.08 Å². The van der Waals surface area contributed by atoms with Gasteiger partial charge >= 0.3 is 0 Å². The largest absolute Gasteiger partial charge is 0.497 e. The van der Waals surface area contributed by atoms with Gasteiger partial charge in [0.15, 0.2) is 0 Å². The van der Waals surface area contributed by atoms with Crippen molar-refractivity contribution >= 4 is 29.8 Å². The fourth-order valence-electron chi connectivity index (χ4n) is 3.09. The van der Waals surface area contributed by atoms with Crippen LogP contribution in [0.5, 0.6) is 5.75 Å². The number of aromatic nitrogens is 3. The summed E-state index contributed by atoms with van der Waals surface area (Å²) >= 11 is 0. The van der Waals surface area contributed by atoms with E-state index in [4.69, 9.17) is 4.74 Å². The molecule has 8 heteroatoms. The third-order valence-corrected chi connectivity index (χ3v) is 4.52. The minimum atomic E-state index is -0.369. The Morgan fingerprint density at radius 3 is 2.69 bits per heavy atom. The molecule has 29 heavy (non-hydrogen) atoms. The third kappa shape index (κ3) is 4.16. The summed E-state index contributed by atoms with van der Waals surface area (Å²) in [6.45, 7) is 0. The number of rotatable bonds is 5. The molecule has 4 rings (SSSR count). The summed E-state index contributed by atoms with van der Waals surface area (Å²) in [6.07, 6.45) is 3.33. The van der Waals surface area contributed by atoms with Crippen molar-refractivity contribution in [2.75, 3.05) is 17.7 Å². The molecule has 2 aromatic carbocycles. The normalized spacial score (nSPS) is 15.6. The zero-order chi connectivity index (χ0) is 20.2. The summed E-state index contributed by atoms with van der Waals surface area (Å²) in [5, 5.41) is 9.69. The van der Waals surface area contributed by atoms with E-state index in [0.717, 1.165) is 16.9 Å². The Hall–Kier alpha value is -3.94. The van der Waals surface area contributed by atoms with Gasteiger partial charge in [-0.2, -0.15) is 4.98 Å². The van der Waals surface area contributed by atoms with Crippen LogP contribution in [0.15, 0.2) is 60.7 Å². The Morgan fingerprint density at radius 2 is 1.97 bits per heavy atom. The van der Waals surface area contributed by atoms with Gasteiger partial charge in [0.2, 0.25) is 11.9 Å². The molecule has 146 valence electrons. The van der Waals surface area contributed by atoms with Crippen molar-refractivity contribution in [3.63, 3.8) is 0 Å². The minimum absolute atomic E-state index is 0.132.